The third kappa shape index (κ3) is 3.84. The molecule has 126 valence electrons. The summed E-state index contributed by atoms with van der Waals surface area (Å²) in [5, 5.41) is 0. The fourth-order valence-corrected chi connectivity index (χ4v) is 2.99. The Balaban J connectivity index is 2.05. The van der Waals surface area contributed by atoms with E-state index in [-0.39, 0.29) is 17.8 Å². The number of methoxy groups -OCH3 is 1. The zero-order chi connectivity index (χ0) is 17.0. The Labute approximate surface area is 137 Å². The van der Waals surface area contributed by atoms with Crippen LogP contribution in [0.4, 0.5) is 0 Å². The van der Waals surface area contributed by atoms with Gasteiger partial charge in [0, 0.05) is 18.7 Å². The van der Waals surface area contributed by atoms with Gasteiger partial charge in [-0.1, -0.05) is 0 Å². The van der Waals surface area contributed by atoms with Gasteiger partial charge in [-0.15, -0.1) is 0 Å². The summed E-state index contributed by atoms with van der Waals surface area (Å²) in [6.45, 7) is 7.25. The van der Waals surface area contributed by atoms with E-state index in [1.165, 1.54) is 0 Å². The van der Waals surface area contributed by atoms with Crippen LogP contribution in [-0.4, -0.2) is 43.6 Å². The highest BCUT2D eigenvalue weighted by Crippen LogP contribution is 2.25. The Kier molecular flexibility index (Phi) is 5.64. The Bertz CT molecular complexity index is 589. The number of carbonyl (C=O) groups is 2. The van der Waals surface area contributed by atoms with E-state index in [0.29, 0.717) is 38.1 Å². The van der Waals surface area contributed by atoms with Gasteiger partial charge in [0.2, 0.25) is 0 Å². The molecule has 0 spiro atoms. The summed E-state index contributed by atoms with van der Waals surface area (Å²) < 4.78 is 10.4. The molecule has 0 aromatic heterocycles. The first-order valence-corrected chi connectivity index (χ1v) is 8.09. The number of hydrogen-bond donors (Lipinski definition) is 0. The van der Waals surface area contributed by atoms with Crippen LogP contribution < -0.4 is 4.74 Å². The van der Waals surface area contributed by atoms with Crippen molar-refractivity contribution >= 4 is 11.9 Å². The van der Waals surface area contributed by atoms with Crippen molar-refractivity contribution < 1.29 is 19.1 Å². The second-order valence-electron chi connectivity index (χ2n) is 5.96. The number of amides is 1. The van der Waals surface area contributed by atoms with Crippen LogP contribution in [0.15, 0.2) is 12.1 Å². The molecule has 0 unspecified atom stereocenters. The maximum atomic E-state index is 12.7. The SMILES string of the molecule is CCOC(=O)C1CCN(C(=O)c2cc(C)c(OC)cc2C)CC1. The number of rotatable bonds is 4. The Hall–Kier alpha value is -2.04. The molecular formula is C18H25NO4. The summed E-state index contributed by atoms with van der Waals surface area (Å²) in [6, 6.07) is 3.78. The molecule has 1 saturated heterocycles. The number of aryl methyl sites for hydroxylation is 2. The van der Waals surface area contributed by atoms with Crippen molar-refractivity contribution in [1.82, 2.24) is 4.90 Å². The van der Waals surface area contributed by atoms with Crippen LogP contribution in [0.3, 0.4) is 0 Å². The van der Waals surface area contributed by atoms with E-state index in [1.807, 2.05) is 37.8 Å². The Morgan fingerprint density at radius 3 is 2.39 bits per heavy atom. The fourth-order valence-electron chi connectivity index (χ4n) is 2.99. The van der Waals surface area contributed by atoms with Gasteiger partial charge in [0.25, 0.3) is 5.91 Å². The first-order valence-electron chi connectivity index (χ1n) is 8.09. The number of piperidine rings is 1. The second-order valence-corrected chi connectivity index (χ2v) is 5.96. The monoisotopic (exact) mass is 319 g/mol. The summed E-state index contributed by atoms with van der Waals surface area (Å²) in [5.74, 6) is 0.587. The zero-order valence-corrected chi connectivity index (χ0v) is 14.3. The third-order valence-corrected chi connectivity index (χ3v) is 4.37. The van der Waals surface area contributed by atoms with Gasteiger partial charge >= 0.3 is 5.97 Å². The number of hydrogen-bond acceptors (Lipinski definition) is 4. The van der Waals surface area contributed by atoms with Crippen LogP contribution >= 0.6 is 0 Å². The molecule has 0 atom stereocenters. The van der Waals surface area contributed by atoms with Crippen molar-refractivity contribution in [3.63, 3.8) is 0 Å². The highest BCUT2D eigenvalue weighted by molar-refractivity contribution is 5.96. The van der Waals surface area contributed by atoms with Crippen molar-refractivity contribution in [3.05, 3.63) is 28.8 Å². The predicted molar refractivity (Wildman–Crippen MR) is 87.7 cm³/mol. The summed E-state index contributed by atoms with van der Waals surface area (Å²) in [4.78, 5) is 26.3. The molecule has 0 bridgehead atoms. The van der Waals surface area contributed by atoms with Crippen molar-refractivity contribution in [2.24, 2.45) is 5.92 Å². The number of esters is 1. The minimum absolute atomic E-state index is 0.0237. The molecule has 1 fully saturated rings. The Morgan fingerprint density at radius 2 is 1.83 bits per heavy atom. The summed E-state index contributed by atoms with van der Waals surface area (Å²) >= 11 is 0. The molecule has 0 N–H and O–H groups in total. The topological polar surface area (TPSA) is 55.8 Å². The molecule has 1 aromatic carbocycles. The van der Waals surface area contributed by atoms with Crippen molar-refractivity contribution in [1.29, 1.82) is 0 Å². The maximum Gasteiger partial charge on any atom is 0.309 e. The minimum atomic E-state index is -0.143. The zero-order valence-electron chi connectivity index (χ0n) is 14.3. The van der Waals surface area contributed by atoms with Crippen LogP contribution in [0, 0.1) is 19.8 Å². The molecule has 0 aliphatic carbocycles. The smallest absolute Gasteiger partial charge is 0.309 e. The molecule has 5 nitrogen and oxygen atoms in total. The lowest BCUT2D eigenvalue weighted by Crippen LogP contribution is -2.40. The minimum Gasteiger partial charge on any atom is -0.496 e. The number of nitrogens with zero attached hydrogens (tertiary/aromatic N) is 1. The van der Waals surface area contributed by atoms with Gasteiger partial charge in [0.1, 0.15) is 5.75 Å². The second kappa shape index (κ2) is 7.49. The molecule has 1 aliphatic heterocycles. The maximum absolute atomic E-state index is 12.7. The van der Waals surface area contributed by atoms with Gasteiger partial charge in [0.05, 0.1) is 19.6 Å². The molecule has 5 heteroatoms. The summed E-state index contributed by atoms with van der Waals surface area (Å²) in [7, 11) is 1.63. The van der Waals surface area contributed by atoms with Crippen LogP contribution in [0.5, 0.6) is 5.75 Å². The average Bonchev–Trinajstić information content (AvgIpc) is 2.56. The lowest BCUT2D eigenvalue weighted by Gasteiger charge is -2.31. The van der Waals surface area contributed by atoms with E-state index in [4.69, 9.17) is 9.47 Å². The molecule has 1 heterocycles. The molecule has 2 rings (SSSR count). The van der Waals surface area contributed by atoms with Gasteiger partial charge < -0.3 is 14.4 Å². The van der Waals surface area contributed by atoms with Crippen LogP contribution in [0.2, 0.25) is 0 Å². The lowest BCUT2D eigenvalue weighted by atomic mass is 9.95. The van der Waals surface area contributed by atoms with Crippen LogP contribution in [0.25, 0.3) is 0 Å². The first-order chi connectivity index (χ1) is 11.0. The molecule has 1 aromatic rings. The predicted octanol–water partition coefficient (Wildman–Crippen LogP) is 2.73. The van der Waals surface area contributed by atoms with Gasteiger partial charge in [-0.25, -0.2) is 0 Å². The molecule has 1 amide bonds. The Morgan fingerprint density at radius 1 is 1.17 bits per heavy atom. The van der Waals surface area contributed by atoms with Crippen molar-refractivity contribution in [2.75, 3.05) is 26.8 Å². The van der Waals surface area contributed by atoms with E-state index < -0.39 is 0 Å². The summed E-state index contributed by atoms with van der Waals surface area (Å²) in [6.07, 6.45) is 1.33. The number of carbonyl (C=O) groups excluding carboxylic acids is 2. The molecular weight excluding hydrogens is 294 g/mol. The van der Waals surface area contributed by atoms with Crippen LogP contribution in [0.1, 0.15) is 41.3 Å². The summed E-state index contributed by atoms with van der Waals surface area (Å²) in [5.41, 5.74) is 2.56. The van der Waals surface area contributed by atoms with E-state index in [9.17, 15) is 9.59 Å². The van der Waals surface area contributed by atoms with Gasteiger partial charge in [0.15, 0.2) is 0 Å². The standard InChI is InChI=1S/C18H25NO4/c1-5-23-18(21)14-6-8-19(9-7-14)17(20)15-10-13(3)16(22-4)11-12(15)2/h10-11,14H,5-9H2,1-4H3. The number of benzene rings is 1. The first kappa shape index (κ1) is 17.3. The largest absolute Gasteiger partial charge is 0.496 e. The normalized spacial score (nSPS) is 15.4. The van der Waals surface area contributed by atoms with Crippen molar-refractivity contribution in [2.45, 2.75) is 33.6 Å². The third-order valence-electron chi connectivity index (χ3n) is 4.37. The molecule has 23 heavy (non-hydrogen) atoms. The fraction of sp³-hybridized carbons (Fsp3) is 0.556. The number of likely N-dealkylation sites (tertiary alicyclic amines) is 1. The lowest BCUT2D eigenvalue weighted by molar-refractivity contribution is -0.149. The van der Waals surface area contributed by atoms with E-state index in [1.54, 1.807) is 7.11 Å². The number of ether oxygens (including phenoxy) is 2. The quantitative estimate of drug-likeness (QED) is 0.801. The van der Waals surface area contributed by atoms with Gasteiger partial charge in [-0.3, -0.25) is 9.59 Å². The average molecular weight is 319 g/mol. The van der Waals surface area contributed by atoms with Crippen molar-refractivity contribution in [3.8, 4) is 5.75 Å². The van der Waals surface area contributed by atoms with E-state index in [0.717, 1.165) is 16.9 Å². The highest BCUT2D eigenvalue weighted by Gasteiger charge is 2.29. The van der Waals surface area contributed by atoms with Crippen LogP contribution in [-0.2, 0) is 9.53 Å². The molecule has 0 saturated carbocycles. The van der Waals surface area contributed by atoms with E-state index >= 15 is 0 Å². The highest BCUT2D eigenvalue weighted by atomic mass is 16.5. The molecule has 0 radical (unpaired) electrons. The van der Waals surface area contributed by atoms with Gasteiger partial charge in [-0.05, 0) is 56.9 Å². The van der Waals surface area contributed by atoms with E-state index in [2.05, 4.69) is 0 Å². The van der Waals surface area contributed by atoms with Gasteiger partial charge in [-0.2, -0.15) is 0 Å². The molecule has 1 aliphatic rings.